The maximum Gasteiger partial charge on any atom is 0.250 e. The maximum absolute atomic E-state index is 12.0. The Bertz CT molecular complexity index is 709. The largest absolute Gasteiger partial charge is 0.325 e. The van der Waals surface area contributed by atoms with Crippen LogP contribution in [0, 0.1) is 0 Å². The summed E-state index contributed by atoms with van der Waals surface area (Å²) in [4.78, 5) is 12.7. The van der Waals surface area contributed by atoms with E-state index in [9.17, 15) is 13.2 Å². The van der Waals surface area contributed by atoms with Gasteiger partial charge < -0.3 is 5.32 Å². The van der Waals surface area contributed by atoms with Crippen molar-refractivity contribution in [3.63, 3.8) is 0 Å². The maximum atomic E-state index is 12.0. The van der Waals surface area contributed by atoms with E-state index in [1.165, 1.54) is 11.3 Å². The third-order valence-electron chi connectivity index (χ3n) is 2.73. The Balaban J connectivity index is 1.94. The summed E-state index contributed by atoms with van der Waals surface area (Å²) in [5, 5.41) is 2.62. The van der Waals surface area contributed by atoms with Gasteiger partial charge in [-0.25, -0.2) is 13.1 Å². The standard InChI is InChI=1S/C14H16N2O3S2/c1-2-12-8-9-14(20-12)21(18,19)15-10-13(17)16-11-6-4-3-5-7-11/h3-9,15H,2,10H2,1H3,(H,16,17). The van der Waals surface area contributed by atoms with Gasteiger partial charge in [0.1, 0.15) is 4.21 Å². The van der Waals surface area contributed by atoms with E-state index in [1.807, 2.05) is 13.0 Å². The Kier molecular flexibility index (Phi) is 5.11. The number of hydrogen-bond donors (Lipinski definition) is 2. The van der Waals surface area contributed by atoms with Gasteiger partial charge in [0.15, 0.2) is 0 Å². The van der Waals surface area contributed by atoms with Gasteiger partial charge in [0.2, 0.25) is 5.91 Å². The molecule has 21 heavy (non-hydrogen) atoms. The van der Waals surface area contributed by atoms with E-state index < -0.39 is 15.9 Å². The predicted molar refractivity (Wildman–Crippen MR) is 84.0 cm³/mol. The van der Waals surface area contributed by atoms with Crippen molar-refractivity contribution in [3.05, 3.63) is 47.3 Å². The van der Waals surface area contributed by atoms with Crippen molar-refractivity contribution in [2.45, 2.75) is 17.6 Å². The van der Waals surface area contributed by atoms with Crippen LogP contribution < -0.4 is 10.0 Å². The molecule has 0 radical (unpaired) electrons. The first-order valence-electron chi connectivity index (χ1n) is 6.44. The van der Waals surface area contributed by atoms with Gasteiger partial charge >= 0.3 is 0 Å². The Hall–Kier alpha value is -1.70. The summed E-state index contributed by atoms with van der Waals surface area (Å²) in [5.74, 6) is -0.406. The number of para-hydroxylation sites is 1. The minimum atomic E-state index is -3.63. The molecule has 0 unspecified atom stereocenters. The lowest BCUT2D eigenvalue weighted by Crippen LogP contribution is -2.32. The lowest BCUT2D eigenvalue weighted by molar-refractivity contribution is -0.115. The Labute approximate surface area is 128 Å². The number of benzene rings is 1. The number of aryl methyl sites for hydroxylation is 1. The molecular weight excluding hydrogens is 308 g/mol. The first-order valence-corrected chi connectivity index (χ1v) is 8.74. The third kappa shape index (κ3) is 4.38. The molecule has 1 heterocycles. The van der Waals surface area contributed by atoms with Gasteiger partial charge in [-0.1, -0.05) is 25.1 Å². The molecule has 0 aliphatic carbocycles. The van der Waals surface area contributed by atoms with E-state index in [-0.39, 0.29) is 10.8 Å². The molecule has 0 aliphatic rings. The molecule has 2 rings (SSSR count). The summed E-state index contributed by atoms with van der Waals surface area (Å²) in [6.07, 6.45) is 0.786. The fraction of sp³-hybridized carbons (Fsp3) is 0.214. The van der Waals surface area contributed by atoms with Crippen LogP contribution in [0.2, 0.25) is 0 Å². The first kappa shape index (κ1) is 15.7. The lowest BCUT2D eigenvalue weighted by atomic mass is 10.3. The number of thiophene rings is 1. The molecule has 2 aromatic rings. The number of hydrogen-bond acceptors (Lipinski definition) is 4. The van der Waals surface area contributed by atoms with Crippen molar-refractivity contribution in [2.24, 2.45) is 0 Å². The van der Waals surface area contributed by atoms with E-state index >= 15 is 0 Å². The molecule has 1 aromatic carbocycles. The molecule has 0 spiro atoms. The summed E-state index contributed by atoms with van der Waals surface area (Å²) < 4.78 is 26.6. The molecule has 112 valence electrons. The van der Waals surface area contributed by atoms with E-state index in [0.717, 1.165) is 11.3 Å². The highest BCUT2D eigenvalue weighted by molar-refractivity contribution is 7.91. The van der Waals surface area contributed by atoms with Crippen LogP contribution in [-0.2, 0) is 21.2 Å². The Morgan fingerprint density at radius 1 is 1.14 bits per heavy atom. The number of sulfonamides is 1. The zero-order valence-corrected chi connectivity index (χ0v) is 13.1. The average Bonchev–Trinajstić information content (AvgIpc) is 2.96. The highest BCUT2D eigenvalue weighted by Crippen LogP contribution is 2.21. The zero-order valence-electron chi connectivity index (χ0n) is 11.5. The van der Waals surface area contributed by atoms with E-state index in [0.29, 0.717) is 5.69 Å². The summed E-state index contributed by atoms with van der Waals surface area (Å²) in [5.41, 5.74) is 0.631. The van der Waals surface area contributed by atoms with Gasteiger partial charge in [-0.3, -0.25) is 4.79 Å². The van der Waals surface area contributed by atoms with E-state index in [2.05, 4.69) is 10.0 Å². The molecule has 0 fully saturated rings. The van der Waals surface area contributed by atoms with Gasteiger partial charge in [0.25, 0.3) is 10.0 Å². The number of amides is 1. The normalized spacial score (nSPS) is 11.3. The number of rotatable bonds is 6. The van der Waals surface area contributed by atoms with Gasteiger partial charge in [0.05, 0.1) is 6.54 Å². The van der Waals surface area contributed by atoms with Crippen LogP contribution in [0.25, 0.3) is 0 Å². The number of carbonyl (C=O) groups is 1. The summed E-state index contributed by atoms with van der Waals surface area (Å²) >= 11 is 1.21. The Morgan fingerprint density at radius 3 is 2.48 bits per heavy atom. The van der Waals surface area contributed by atoms with E-state index in [1.54, 1.807) is 36.4 Å². The van der Waals surface area contributed by atoms with Crippen LogP contribution in [0.15, 0.2) is 46.7 Å². The highest BCUT2D eigenvalue weighted by Gasteiger charge is 2.17. The first-order chi connectivity index (χ1) is 10.0. The summed E-state index contributed by atoms with van der Waals surface area (Å²) in [6, 6.07) is 12.2. The minimum absolute atomic E-state index is 0.229. The quantitative estimate of drug-likeness (QED) is 0.855. The van der Waals surface area contributed by atoms with Crippen LogP contribution in [-0.4, -0.2) is 20.9 Å². The zero-order chi connectivity index (χ0) is 15.3. The fourth-order valence-corrected chi connectivity index (χ4v) is 3.97. The van der Waals surface area contributed by atoms with Crippen molar-refractivity contribution < 1.29 is 13.2 Å². The van der Waals surface area contributed by atoms with Crippen LogP contribution in [0.4, 0.5) is 5.69 Å². The average molecular weight is 324 g/mol. The van der Waals surface area contributed by atoms with Crippen molar-refractivity contribution in [1.29, 1.82) is 0 Å². The van der Waals surface area contributed by atoms with Crippen molar-refractivity contribution in [1.82, 2.24) is 4.72 Å². The molecule has 5 nitrogen and oxygen atoms in total. The Morgan fingerprint density at radius 2 is 1.86 bits per heavy atom. The predicted octanol–water partition coefficient (Wildman–Crippen LogP) is 2.23. The SMILES string of the molecule is CCc1ccc(S(=O)(=O)NCC(=O)Nc2ccccc2)s1. The molecule has 1 aromatic heterocycles. The van der Waals surface area contributed by atoms with Crippen LogP contribution in [0.1, 0.15) is 11.8 Å². The lowest BCUT2D eigenvalue weighted by Gasteiger charge is -2.06. The fourth-order valence-electron chi connectivity index (χ4n) is 1.65. The summed E-state index contributed by atoms with van der Waals surface area (Å²) in [6.45, 7) is 1.67. The van der Waals surface area contributed by atoms with E-state index in [4.69, 9.17) is 0 Å². The summed E-state index contributed by atoms with van der Waals surface area (Å²) in [7, 11) is -3.63. The van der Waals surface area contributed by atoms with Crippen LogP contribution in [0.3, 0.4) is 0 Å². The van der Waals surface area contributed by atoms with Crippen molar-refractivity contribution in [3.8, 4) is 0 Å². The van der Waals surface area contributed by atoms with Gasteiger partial charge in [0, 0.05) is 10.6 Å². The molecular formula is C14H16N2O3S2. The molecule has 0 saturated heterocycles. The van der Waals surface area contributed by atoms with Crippen LogP contribution in [0.5, 0.6) is 0 Å². The monoisotopic (exact) mass is 324 g/mol. The second kappa shape index (κ2) is 6.84. The molecule has 0 bridgehead atoms. The topological polar surface area (TPSA) is 75.3 Å². The number of anilines is 1. The van der Waals surface area contributed by atoms with Gasteiger partial charge in [-0.2, -0.15) is 0 Å². The number of carbonyl (C=O) groups excluding carboxylic acids is 1. The molecule has 7 heteroatoms. The minimum Gasteiger partial charge on any atom is -0.325 e. The molecule has 0 aliphatic heterocycles. The van der Waals surface area contributed by atoms with Crippen LogP contribution >= 0.6 is 11.3 Å². The third-order valence-corrected chi connectivity index (χ3v) is 5.85. The van der Waals surface area contributed by atoms with Gasteiger partial charge in [-0.15, -0.1) is 11.3 Å². The highest BCUT2D eigenvalue weighted by atomic mass is 32.2. The van der Waals surface area contributed by atoms with Gasteiger partial charge in [-0.05, 0) is 30.7 Å². The number of nitrogens with one attached hydrogen (secondary N) is 2. The smallest absolute Gasteiger partial charge is 0.250 e. The molecule has 2 N–H and O–H groups in total. The van der Waals surface area contributed by atoms with Crippen molar-refractivity contribution in [2.75, 3.05) is 11.9 Å². The second-order valence-corrected chi connectivity index (χ2v) is 7.48. The molecule has 0 atom stereocenters. The molecule has 0 saturated carbocycles. The van der Waals surface area contributed by atoms with Crippen molar-refractivity contribution >= 4 is 33.0 Å². The second-order valence-electron chi connectivity index (χ2n) is 4.31. The molecule has 1 amide bonds.